The Morgan fingerprint density at radius 3 is 1.82 bits per heavy atom. The molecule has 284 valence electrons. The maximum absolute atomic E-state index is 13.4. The maximum atomic E-state index is 13.4. The van der Waals surface area contributed by atoms with Gasteiger partial charge in [-0.05, 0) is 16.6 Å². The Morgan fingerprint density at radius 1 is 0.816 bits per heavy atom. The Hall–Kier alpha value is -1.61. The van der Waals surface area contributed by atoms with Crippen LogP contribution in [0, 0.1) is 0 Å². The molecule has 0 spiro atoms. The molecule has 1 saturated heterocycles. The van der Waals surface area contributed by atoms with E-state index in [9.17, 15) is 19.2 Å². The van der Waals surface area contributed by atoms with E-state index in [4.69, 9.17) is 13.9 Å². The molecule has 1 N–H and O–H groups in total. The molecule has 49 heavy (non-hydrogen) atoms. The van der Waals surface area contributed by atoms with Crippen molar-refractivity contribution < 1.29 is 23.5 Å². The summed E-state index contributed by atoms with van der Waals surface area (Å²) in [4.78, 5) is 53.8. The van der Waals surface area contributed by atoms with E-state index in [0.717, 1.165) is 6.42 Å². The summed E-state index contributed by atoms with van der Waals surface area (Å²) in [6, 6.07) is 1.29. The molecule has 0 aromatic carbocycles. The molecule has 0 bridgehead atoms. The summed E-state index contributed by atoms with van der Waals surface area (Å²) in [7, 11) is -3.95. The summed E-state index contributed by atoms with van der Waals surface area (Å²) < 4.78 is 21.1. The summed E-state index contributed by atoms with van der Waals surface area (Å²) in [5.41, 5.74) is -0.383. The number of carbonyl (C=O) groups is 2. The number of nitrogens with one attached hydrogen (secondary N) is 1. The van der Waals surface area contributed by atoms with Crippen molar-refractivity contribution in [3.05, 3.63) is 33.1 Å². The van der Waals surface area contributed by atoms with Crippen LogP contribution in [-0.4, -0.2) is 72.6 Å². The number of carbonyl (C=O) groups excluding carboxylic acids is 2. The fourth-order valence-corrected chi connectivity index (χ4v) is 19.7. The van der Waals surface area contributed by atoms with Crippen LogP contribution in [0.1, 0.15) is 146 Å². The van der Waals surface area contributed by atoms with Crippen molar-refractivity contribution in [1.82, 2.24) is 9.55 Å². The van der Waals surface area contributed by atoms with Crippen LogP contribution >= 0.6 is 7.26 Å². The first-order valence-electron chi connectivity index (χ1n) is 19.6. The second kappa shape index (κ2) is 21.0. The number of Topliss-reactive ketones (excluding diaryl/α,β-unsaturated/α-hetero) is 1. The van der Waals surface area contributed by atoms with Gasteiger partial charge in [-0.3, -0.25) is 9.78 Å². The molecule has 0 aliphatic carbocycles. The molecule has 0 amide bonds. The van der Waals surface area contributed by atoms with E-state index in [1.54, 1.807) is 0 Å². The standard InChI is InChI=1S/C38H71N2O7PSi/c1-11-15-24-48(25-16-12-2,26-17-13-3)27-18-19-31(41)20-21-34(43)46-35-32(14-4)45-37(40-23-22-33(42)39-38(40)44)36(35)47-49(28(5)6,29(7)8)30(9)10/h22-23,28-30,32,35-37,48H,11-21,24-27H2,1-10H3,(H,39,42,44)/t32-,35?,36+,37-/m1/s1. The van der Waals surface area contributed by atoms with Crippen LogP contribution in [0.25, 0.3) is 0 Å². The predicted molar refractivity (Wildman–Crippen MR) is 207 cm³/mol. The van der Waals surface area contributed by atoms with Crippen LogP contribution in [0.15, 0.2) is 21.9 Å². The fraction of sp³-hybridized carbons (Fsp3) is 0.842. The van der Waals surface area contributed by atoms with E-state index >= 15 is 0 Å². The van der Waals surface area contributed by atoms with Gasteiger partial charge in [0.15, 0.2) is 0 Å². The zero-order valence-electron chi connectivity index (χ0n) is 32.6. The molecule has 1 aliphatic heterocycles. The topological polar surface area (TPSA) is 117 Å². The number of rotatable bonds is 24. The van der Waals surface area contributed by atoms with Crippen molar-refractivity contribution in [3.8, 4) is 0 Å². The van der Waals surface area contributed by atoms with Crippen molar-refractivity contribution in [2.45, 2.75) is 181 Å². The van der Waals surface area contributed by atoms with E-state index < -0.39 is 57.3 Å². The number of esters is 1. The molecule has 0 saturated carbocycles. The number of unbranched alkanes of at least 4 members (excludes halogenated alkanes) is 3. The van der Waals surface area contributed by atoms with Gasteiger partial charge in [-0.25, -0.2) is 4.79 Å². The van der Waals surface area contributed by atoms with Crippen LogP contribution in [-0.2, 0) is 23.5 Å². The van der Waals surface area contributed by atoms with Gasteiger partial charge in [0.05, 0.1) is 0 Å². The van der Waals surface area contributed by atoms with Gasteiger partial charge >= 0.3 is 209 Å². The summed E-state index contributed by atoms with van der Waals surface area (Å²) in [5.74, 6) is -0.334. The van der Waals surface area contributed by atoms with Gasteiger partial charge in [0.2, 0.25) is 0 Å². The van der Waals surface area contributed by atoms with Crippen molar-refractivity contribution in [2.24, 2.45) is 0 Å². The molecule has 0 radical (unpaired) electrons. The van der Waals surface area contributed by atoms with E-state index in [1.807, 2.05) is 6.92 Å². The number of hydrogen-bond acceptors (Lipinski definition) is 7. The molecule has 1 aromatic rings. The minimum absolute atomic E-state index is 0.00689. The third-order valence-electron chi connectivity index (χ3n) is 11.1. The van der Waals surface area contributed by atoms with Crippen molar-refractivity contribution in [1.29, 1.82) is 0 Å². The number of aromatic amines is 1. The van der Waals surface area contributed by atoms with Gasteiger partial charge in [0.25, 0.3) is 5.56 Å². The van der Waals surface area contributed by atoms with Gasteiger partial charge in [-0.2, -0.15) is 0 Å². The van der Waals surface area contributed by atoms with Crippen LogP contribution < -0.4 is 11.2 Å². The Kier molecular flexibility index (Phi) is 18.7. The number of aromatic nitrogens is 2. The SMILES string of the molecule is CCCC[PH](CCCC)(CCCC)CCCC(=O)CCC(=O)OC1[C@@H](CC)O[C@@H](n2ccc(=O)[nH]c2=O)[C@H]1O[Si](C(C)C)(C(C)C)C(C)C. The molecule has 2 rings (SSSR count). The van der Waals surface area contributed by atoms with Gasteiger partial charge in [0, 0.05) is 12.3 Å². The fourth-order valence-electron chi connectivity index (χ4n) is 8.44. The van der Waals surface area contributed by atoms with Crippen LogP contribution in [0.5, 0.6) is 0 Å². The summed E-state index contributed by atoms with van der Waals surface area (Å²) in [5, 5.41) is 0. The second-order valence-corrected chi connectivity index (χ2v) is 26.0. The van der Waals surface area contributed by atoms with Gasteiger partial charge < -0.3 is 0 Å². The Labute approximate surface area is 298 Å². The quantitative estimate of drug-likeness (QED) is 0.0644. The third-order valence-corrected chi connectivity index (χ3v) is 22.8. The Bertz CT molecular complexity index is 1220. The molecular weight excluding hydrogens is 655 g/mol. The molecule has 1 unspecified atom stereocenters. The predicted octanol–water partition coefficient (Wildman–Crippen LogP) is 8.60. The van der Waals surface area contributed by atoms with E-state index in [2.05, 4.69) is 67.3 Å². The van der Waals surface area contributed by atoms with Gasteiger partial charge in [-0.1, -0.05) is 41.5 Å². The Morgan fingerprint density at radius 2 is 1.35 bits per heavy atom. The third kappa shape index (κ3) is 12.0. The summed E-state index contributed by atoms with van der Waals surface area (Å²) >= 11 is 0. The molecule has 4 atom stereocenters. The summed E-state index contributed by atoms with van der Waals surface area (Å²) in [6.07, 6.45) is 13.5. The first-order chi connectivity index (χ1) is 23.2. The molecule has 9 nitrogen and oxygen atoms in total. The average molecular weight is 727 g/mol. The average Bonchev–Trinajstić information content (AvgIpc) is 3.38. The van der Waals surface area contributed by atoms with Gasteiger partial charge in [0.1, 0.15) is 0 Å². The number of ether oxygens (including phenoxy) is 2. The van der Waals surface area contributed by atoms with E-state index in [0.29, 0.717) is 12.8 Å². The van der Waals surface area contributed by atoms with Crippen LogP contribution in [0.3, 0.4) is 0 Å². The first kappa shape index (κ1) is 43.6. The number of nitrogens with zero attached hydrogens (tertiary/aromatic N) is 1. The monoisotopic (exact) mass is 726 g/mol. The van der Waals surface area contributed by atoms with Crippen molar-refractivity contribution in [3.63, 3.8) is 0 Å². The van der Waals surface area contributed by atoms with E-state index in [-0.39, 0.29) is 35.2 Å². The zero-order valence-corrected chi connectivity index (χ0v) is 34.6. The molecule has 1 aliphatic rings. The molecule has 1 fully saturated rings. The normalized spacial score (nSPS) is 20.4. The second-order valence-electron chi connectivity index (χ2n) is 15.5. The summed E-state index contributed by atoms with van der Waals surface area (Å²) in [6.45, 7) is 21.8. The minimum Gasteiger partial charge on any atom is -0.0630 e. The Balaban J connectivity index is 2.23. The van der Waals surface area contributed by atoms with E-state index in [1.165, 1.54) is 80.0 Å². The van der Waals surface area contributed by atoms with Gasteiger partial charge in [-0.15, -0.1) is 0 Å². The van der Waals surface area contributed by atoms with Crippen LogP contribution in [0.2, 0.25) is 16.6 Å². The number of ketones is 1. The number of H-pyrrole nitrogens is 1. The molecule has 1 aromatic heterocycles. The first-order valence-corrected chi connectivity index (χ1v) is 24.5. The number of hydrogen-bond donors (Lipinski definition) is 1. The minimum atomic E-state index is -2.53. The smallest absolute Gasteiger partial charge is 0.0630 e. The van der Waals surface area contributed by atoms with Crippen molar-refractivity contribution in [2.75, 3.05) is 24.6 Å². The molecule has 2 heterocycles. The molecular formula is C38H71N2O7PSi. The zero-order chi connectivity index (χ0) is 36.8. The van der Waals surface area contributed by atoms with Crippen molar-refractivity contribution >= 4 is 27.3 Å². The molecule has 11 heteroatoms. The van der Waals surface area contributed by atoms with Crippen LogP contribution in [0.4, 0.5) is 0 Å².